The van der Waals surface area contributed by atoms with Gasteiger partial charge < -0.3 is 19.9 Å². The van der Waals surface area contributed by atoms with Gasteiger partial charge in [0, 0.05) is 38.8 Å². The molecule has 0 saturated carbocycles. The Morgan fingerprint density at radius 1 is 1.31 bits per heavy atom. The molecule has 6 nitrogen and oxygen atoms in total. The number of halogens is 1. The summed E-state index contributed by atoms with van der Waals surface area (Å²) in [6, 6.07) is 11.2. The Balaban J connectivity index is 1.45. The molecular weight excluding hydrogens is 371 g/mol. The fraction of sp³-hybridized carbons (Fsp3) is 0.455. The van der Waals surface area contributed by atoms with Crippen LogP contribution in [-0.2, 0) is 11.2 Å². The quantitative estimate of drug-likeness (QED) is 0.836. The van der Waals surface area contributed by atoms with Crippen molar-refractivity contribution in [2.45, 2.75) is 19.4 Å². The largest absolute Gasteiger partial charge is 0.497 e. The summed E-state index contributed by atoms with van der Waals surface area (Å²) in [5, 5.41) is 3.29. The average Bonchev–Trinajstić information content (AvgIpc) is 2.71. The number of aromatic nitrogens is 1. The molecule has 1 amide bonds. The van der Waals surface area contributed by atoms with Crippen LogP contribution in [0, 0.1) is 11.2 Å². The Labute approximate surface area is 170 Å². The zero-order chi connectivity index (χ0) is 20.4. The Morgan fingerprint density at radius 3 is 2.76 bits per heavy atom. The topological polar surface area (TPSA) is 57.7 Å². The van der Waals surface area contributed by atoms with E-state index >= 15 is 0 Å². The van der Waals surface area contributed by atoms with Gasteiger partial charge in [-0.15, -0.1) is 0 Å². The van der Waals surface area contributed by atoms with E-state index in [9.17, 15) is 9.18 Å². The molecule has 1 atom stereocenters. The van der Waals surface area contributed by atoms with Crippen molar-refractivity contribution in [1.29, 1.82) is 0 Å². The normalized spacial score (nSPS) is 20.9. The van der Waals surface area contributed by atoms with Crippen molar-refractivity contribution < 1.29 is 13.9 Å². The first-order chi connectivity index (χ1) is 14.0. The number of amides is 1. The molecule has 0 radical (unpaired) electrons. The van der Waals surface area contributed by atoms with E-state index in [1.54, 1.807) is 13.2 Å². The molecule has 29 heavy (non-hydrogen) atoms. The average molecular weight is 398 g/mol. The summed E-state index contributed by atoms with van der Waals surface area (Å²) < 4.78 is 18.5. The highest BCUT2D eigenvalue weighted by atomic mass is 19.1. The van der Waals surface area contributed by atoms with Crippen LogP contribution in [0.15, 0.2) is 42.6 Å². The number of nitrogens with zero attached hydrogens (tertiary/aromatic N) is 3. The Hall–Kier alpha value is -2.67. The van der Waals surface area contributed by atoms with Gasteiger partial charge in [0.2, 0.25) is 5.91 Å². The number of hydrogen-bond donors (Lipinski definition) is 1. The minimum Gasteiger partial charge on any atom is -0.497 e. The molecular formula is C22H27FN4O2. The fourth-order valence-electron chi connectivity index (χ4n) is 4.31. The van der Waals surface area contributed by atoms with Crippen molar-refractivity contribution >= 4 is 11.7 Å². The number of methoxy groups -OCH3 is 1. The van der Waals surface area contributed by atoms with Crippen LogP contribution in [0.4, 0.5) is 10.2 Å². The lowest BCUT2D eigenvalue weighted by atomic mass is 9.74. The highest BCUT2D eigenvalue weighted by Gasteiger charge is 2.47. The lowest BCUT2D eigenvalue weighted by Crippen LogP contribution is -2.66. The highest BCUT2D eigenvalue weighted by molar-refractivity contribution is 5.85. The number of ether oxygens (including phenoxy) is 1. The van der Waals surface area contributed by atoms with E-state index in [1.807, 2.05) is 23.1 Å². The van der Waals surface area contributed by atoms with Gasteiger partial charge in [-0.2, -0.15) is 0 Å². The first-order valence-corrected chi connectivity index (χ1v) is 10.0. The summed E-state index contributed by atoms with van der Waals surface area (Å²) in [6.45, 7) is 5.43. The van der Waals surface area contributed by atoms with Crippen LogP contribution >= 0.6 is 0 Å². The van der Waals surface area contributed by atoms with E-state index < -0.39 is 5.41 Å². The number of rotatable bonds is 5. The van der Waals surface area contributed by atoms with Crippen LogP contribution in [-0.4, -0.2) is 61.7 Å². The molecule has 2 saturated heterocycles. The van der Waals surface area contributed by atoms with Crippen molar-refractivity contribution in [3.8, 4) is 5.75 Å². The fourth-order valence-corrected chi connectivity index (χ4v) is 4.31. The van der Waals surface area contributed by atoms with Crippen LogP contribution in [0.3, 0.4) is 0 Å². The van der Waals surface area contributed by atoms with Gasteiger partial charge in [-0.05, 0) is 43.2 Å². The molecule has 2 aromatic rings. The molecule has 0 bridgehead atoms. The van der Waals surface area contributed by atoms with Crippen LogP contribution < -0.4 is 15.0 Å². The van der Waals surface area contributed by atoms with Gasteiger partial charge in [0.1, 0.15) is 17.4 Å². The Bertz CT molecular complexity index is 869. The molecule has 1 aromatic heterocycles. The number of nitrogens with one attached hydrogen (secondary N) is 1. The number of benzene rings is 1. The lowest BCUT2D eigenvalue weighted by Gasteiger charge is -2.48. The van der Waals surface area contributed by atoms with Crippen LogP contribution in [0.1, 0.15) is 12.5 Å². The van der Waals surface area contributed by atoms with E-state index in [1.165, 1.54) is 12.3 Å². The first kappa shape index (κ1) is 19.6. The maximum atomic E-state index is 13.5. The number of piperazine rings is 1. The number of anilines is 1. The molecule has 2 aliphatic rings. The van der Waals surface area contributed by atoms with Gasteiger partial charge in [-0.25, -0.2) is 9.37 Å². The number of carbonyl (C=O) groups excluding carboxylic acids is 1. The van der Waals surface area contributed by atoms with E-state index in [-0.39, 0.29) is 17.8 Å². The maximum Gasteiger partial charge on any atom is 0.231 e. The van der Waals surface area contributed by atoms with Gasteiger partial charge in [0.15, 0.2) is 0 Å². The van der Waals surface area contributed by atoms with Gasteiger partial charge in [-0.3, -0.25) is 4.79 Å². The molecule has 7 heteroatoms. The first-order valence-electron chi connectivity index (χ1n) is 10.0. The summed E-state index contributed by atoms with van der Waals surface area (Å²) in [6.07, 6.45) is 1.94. The minimum atomic E-state index is -0.400. The maximum absolute atomic E-state index is 13.5. The zero-order valence-corrected chi connectivity index (χ0v) is 16.9. The summed E-state index contributed by atoms with van der Waals surface area (Å²) in [5.41, 5.74) is 0.712. The molecule has 1 unspecified atom stereocenters. The van der Waals surface area contributed by atoms with Gasteiger partial charge >= 0.3 is 0 Å². The molecule has 4 rings (SSSR count). The number of carbonyl (C=O) groups is 1. The second kappa shape index (κ2) is 7.99. The molecule has 154 valence electrons. The Kier molecular flexibility index (Phi) is 5.41. The van der Waals surface area contributed by atoms with Gasteiger partial charge in [0.05, 0.1) is 18.7 Å². The molecule has 2 aliphatic heterocycles. The third-order valence-corrected chi connectivity index (χ3v) is 5.98. The van der Waals surface area contributed by atoms with Crippen molar-refractivity contribution in [2.75, 3.05) is 44.7 Å². The molecule has 1 N–H and O–H groups in total. The van der Waals surface area contributed by atoms with Gasteiger partial charge in [0.25, 0.3) is 0 Å². The zero-order valence-electron chi connectivity index (χ0n) is 16.9. The lowest BCUT2D eigenvalue weighted by molar-refractivity contribution is -0.146. The number of pyridine rings is 1. The Morgan fingerprint density at radius 2 is 2.14 bits per heavy atom. The van der Waals surface area contributed by atoms with E-state index in [0.717, 1.165) is 17.1 Å². The summed E-state index contributed by atoms with van der Waals surface area (Å²) in [7, 11) is 1.65. The predicted octanol–water partition coefficient (Wildman–Crippen LogP) is 2.10. The van der Waals surface area contributed by atoms with E-state index in [0.29, 0.717) is 39.1 Å². The molecule has 0 spiro atoms. The summed E-state index contributed by atoms with van der Waals surface area (Å²) in [5.74, 6) is 1.43. The van der Waals surface area contributed by atoms with Crippen molar-refractivity contribution in [2.24, 2.45) is 5.41 Å². The van der Waals surface area contributed by atoms with Crippen LogP contribution in [0.2, 0.25) is 0 Å². The second-order valence-corrected chi connectivity index (χ2v) is 8.04. The smallest absolute Gasteiger partial charge is 0.231 e. The third kappa shape index (κ3) is 3.92. The molecule has 3 heterocycles. The van der Waals surface area contributed by atoms with Crippen molar-refractivity contribution in [3.05, 3.63) is 54.0 Å². The van der Waals surface area contributed by atoms with Crippen molar-refractivity contribution in [1.82, 2.24) is 15.2 Å². The molecule has 1 aromatic carbocycles. The monoisotopic (exact) mass is 398 g/mol. The predicted molar refractivity (Wildman–Crippen MR) is 110 cm³/mol. The van der Waals surface area contributed by atoms with Crippen LogP contribution in [0.5, 0.6) is 5.75 Å². The summed E-state index contributed by atoms with van der Waals surface area (Å²) >= 11 is 0. The highest BCUT2D eigenvalue weighted by Crippen LogP contribution is 2.32. The SMILES string of the molecule is COc1cccc(CC2(C(=O)N3CCN(c4ccc(F)cn4)C(C)C3)CNC2)c1. The van der Waals surface area contributed by atoms with Crippen LogP contribution in [0.25, 0.3) is 0 Å². The third-order valence-electron chi connectivity index (χ3n) is 5.98. The van der Waals surface area contributed by atoms with E-state index in [2.05, 4.69) is 28.2 Å². The van der Waals surface area contributed by atoms with Crippen molar-refractivity contribution in [3.63, 3.8) is 0 Å². The standard InChI is InChI=1S/C22H27FN4O2/c1-16-13-26(8-9-27(16)20-7-6-18(23)12-25-20)21(28)22(14-24-15-22)11-17-4-3-5-19(10-17)29-2/h3-7,10,12,16,24H,8-9,11,13-15H2,1-2H3. The van der Waals surface area contributed by atoms with Gasteiger partial charge in [-0.1, -0.05) is 12.1 Å². The molecule has 0 aliphatic carbocycles. The van der Waals surface area contributed by atoms with E-state index in [4.69, 9.17) is 4.74 Å². The minimum absolute atomic E-state index is 0.118. The summed E-state index contributed by atoms with van der Waals surface area (Å²) in [4.78, 5) is 21.8. The number of hydrogen-bond acceptors (Lipinski definition) is 5. The second-order valence-electron chi connectivity index (χ2n) is 8.04. The molecule has 2 fully saturated rings.